The molecule has 4 bridgehead atoms. The van der Waals surface area contributed by atoms with Gasteiger partial charge in [0.25, 0.3) is 0 Å². The minimum Gasteiger partial charge on any atom is -0.423 e. The van der Waals surface area contributed by atoms with E-state index >= 15 is 0 Å². The summed E-state index contributed by atoms with van der Waals surface area (Å²) >= 11 is 0. The number of benzene rings is 4. The summed E-state index contributed by atoms with van der Waals surface area (Å²) in [6.07, 6.45) is 9.93. The highest BCUT2D eigenvalue weighted by Crippen LogP contribution is 2.54. The molecule has 52 heavy (non-hydrogen) atoms. The number of carbonyl (C=O) groups excluding carboxylic acids is 6. The molecule has 0 radical (unpaired) electrons. The fourth-order valence-corrected chi connectivity index (χ4v) is 9.47. The molecular formula is C42H30N2O8. The summed E-state index contributed by atoms with van der Waals surface area (Å²) in [5, 5.41) is 1.50. The quantitative estimate of drug-likeness (QED) is 0.106. The van der Waals surface area contributed by atoms with Crippen molar-refractivity contribution in [3.05, 3.63) is 120 Å². The summed E-state index contributed by atoms with van der Waals surface area (Å²) in [5.74, 6) is -1.95. The molecule has 2 saturated heterocycles. The van der Waals surface area contributed by atoms with Crippen LogP contribution in [-0.2, 0) is 19.2 Å². The maximum absolute atomic E-state index is 13.1. The molecule has 0 N–H and O–H groups in total. The van der Waals surface area contributed by atoms with Crippen molar-refractivity contribution >= 4 is 57.7 Å². The molecule has 10 rings (SSSR count). The molecular weight excluding hydrogens is 660 g/mol. The van der Waals surface area contributed by atoms with E-state index in [2.05, 4.69) is 24.3 Å². The van der Waals surface area contributed by atoms with E-state index in [9.17, 15) is 28.8 Å². The van der Waals surface area contributed by atoms with Crippen molar-refractivity contribution in [3.8, 4) is 11.5 Å². The number of hydrogen-bond donors (Lipinski definition) is 0. The first-order valence-corrected chi connectivity index (χ1v) is 17.5. The van der Waals surface area contributed by atoms with Gasteiger partial charge >= 0.3 is 11.9 Å². The summed E-state index contributed by atoms with van der Waals surface area (Å²) in [7, 11) is 0. The summed E-state index contributed by atoms with van der Waals surface area (Å²) in [6.45, 7) is 0. The Bertz CT molecular complexity index is 2120. The third-order valence-corrected chi connectivity index (χ3v) is 11.9. The number of fused-ring (bicyclic) bond motifs is 11. The van der Waals surface area contributed by atoms with Gasteiger partial charge in [0.1, 0.15) is 11.5 Å². The second kappa shape index (κ2) is 11.2. The number of rotatable bonds is 6. The largest absolute Gasteiger partial charge is 0.423 e. The Kier molecular flexibility index (Phi) is 6.58. The summed E-state index contributed by atoms with van der Waals surface area (Å²) in [4.78, 5) is 81.1. The van der Waals surface area contributed by atoms with E-state index in [1.807, 2.05) is 0 Å². The van der Waals surface area contributed by atoms with Gasteiger partial charge in [-0.3, -0.25) is 29.0 Å². The number of allylic oxidation sites excluding steroid dienone is 4. The zero-order valence-electron chi connectivity index (χ0n) is 27.6. The number of anilines is 2. The SMILES string of the molecule is O=C(Oc1ccc2cc(OC(=O)c3ccc(N4C(=O)C5C6C=CC(C6)C5C4=O)cc3)ccc2c1)c1ccc(N2C(=O)C3C4C=CC(C4)C3C2=O)cc1. The Balaban J connectivity index is 0.780. The Morgan fingerprint density at radius 1 is 0.462 bits per heavy atom. The van der Waals surface area contributed by atoms with E-state index in [0.29, 0.717) is 22.9 Å². The van der Waals surface area contributed by atoms with Gasteiger partial charge in [-0.15, -0.1) is 0 Å². The predicted molar refractivity (Wildman–Crippen MR) is 187 cm³/mol. The monoisotopic (exact) mass is 690 g/mol. The van der Waals surface area contributed by atoms with Crippen molar-refractivity contribution in [2.75, 3.05) is 9.80 Å². The van der Waals surface area contributed by atoms with Crippen LogP contribution < -0.4 is 19.3 Å². The number of carbonyl (C=O) groups is 6. The normalized spacial score (nSPS) is 29.1. The molecule has 4 aromatic rings. The zero-order chi connectivity index (χ0) is 35.4. The Hall–Kier alpha value is -6.16. The van der Waals surface area contributed by atoms with E-state index in [1.54, 1.807) is 84.9 Å². The van der Waals surface area contributed by atoms with Crippen LogP contribution >= 0.6 is 0 Å². The highest BCUT2D eigenvalue weighted by Gasteiger charge is 2.60. The average Bonchev–Trinajstić information content (AvgIpc) is 4.02. The van der Waals surface area contributed by atoms with Gasteiger partial charge in [0, 0.05) is 0 Å². The van der Waals surface area contributed by atoms with Crippen molar-refractivity contribution in [1.82, 2.24) is 0 Å². The molecule has 8 atom stereocenters. The van der Waals surface area contributed by atoms with Crippen LogP contribution in [0.2, 0.25) is 0 Å². The lowest BCUT2D eigenvalue weighted by Gasteiger charge is -2.17. The Morgan fingerprint density at radius 3 is 1.12 bits per heavy atom. The van der Waals surface area contributed by atoms with E-state index in [4.69, 9.17) is 9.47 Å². The maximum Gasteiger partial charge on any atom is 0.343 e. The van der Waals surface area contributed by atoms with Gasteiger partial charge < -0.3 is 9.47 Å². The van der Waals surface area contributed by atoms with Crippen molar-refractivity contribution in [2.45, 2.75) is 12.8 Å². The van der Waals surface area contributed by atoms with Crippen molar-refractivity contribution in [2.24, 2.45) is 47.3 Å². The van der Waals surface area contributed by atoms with Crippen molar-refractivity contribution in [1.29, 1.82) is 0 Å². The second-order valence-corrected chi connectivity index (χ2v) is 14.6. The topological polar surface area (TPSA) is 127 Å². The summed E-state index contributed by atoms with van der Waals surface area (Å²) < 4.78 is 11.3. The smallest absolute Gasteiger partial charge is 0.343 e. The fourth-order valence-electron chi connectivity index (χ4n) is 9.47. The molecule has 10 nitrogen and oxygen atoms in total. The highest BCUT2D eigenvalue weighted by molar-refractivity contribution is 6.23. The lowest BCUT2D eigenvalue weighted by Crippen LogP contribution is -2.32. The number of esters is 2. The predicted octanol–water partition coefficient (Wildman–Crippen LogP) is 5.90. The molecule has 256 valence electrons. The van der Waals surface area contributed by atoms with E-state index in [1.165, 1.54) is 9.80 Å². The molecule has 2 saturated carbocycles. The lowest BCUT2D eigenvalue weighted by molar-refractivity contribution is -0.124. The molecule has 4 amide bonds. The summed E-state index contributed by atoms with van der Waals surface area (Å²) in [5.41, 5.74) is 1.43. The van der Waals surface area contributed by atoms with Crippen molar-refractivity contribution < 1.29 is 38.2 Å². The van der Waals surface area contributed by atoms with Crippen LogP contribution in [0.25, 0.3) is 10.8 Å². The molecule has 6 aliphatic rings. The molecule has 8 unspecified atom stereocenters. The fraction of sp³-hybridized carbons (Fsp3) is 0.238. The average molecular weight is 691 g/mol. The van der Waals surface area contributed by atoms with Crippen LogP contribution in [0.5, 0.6) is 11.5 Å². The molecule has 10 heteroatoms. The molecule has 4 fully saturated rings. The first-order valence-electron chi connectivity index (χ1n) is 17.5. The van der Waals surface area contributed by atoms with Crippen LogP contribution in [0.1, 0.15) is 33.6 Å². The van der Waals surface area contributed by atoms with Gasteiger partial charge in [0.05, 0.1) is 46.2 Å². The Labute approximate surface area is 297 Å². The van der Waals surface area contributed by atoms with Crippen LogP contribution in [0.3, 0.4) is 0 Å². The zero-order valence-corrected chi connectivity index (χ0v) is 27.6. The molecule has 4 aromatic carbocycles. The molecule has 2 aliphatic heterocycles. The van der Waals surface area contributed by atoms with Crippen LogP contribution in [0, 0.1) is 47.3 Å². The molecule has 0 spiro atoms. The first kappa shape index (κ1) is 30.6. The highest BCUT2D eigenvalue weighted by atomic mass is 16.5. The standard InChI is InChI=1S/C42H30N2O8/c45-37-33-25-1-2-26(17-25)34(33)38(46)43(37)29-11-5-21(6-12-29)41(49)51-31-15-9-24-20-32(16-10-23(24)19-31)52-42(50)22-7-13-30(14-8-22)44-39(47)35-27-3-4-28(18-27)36(35)40(44)48/h1-16,19-20,25-28,33-36H,17-18H2. The van der Waals surface area contributed by atoms with Gasteiger partial charge in [-0.1, -0.05) is 36.4 Å². The molecule has 4 aliphatic carbocycles. The van der Waals surface area contributed by atoms with Gasteiger partial charge in [-0.2, -0.15) is 0 Å². The van der Waals surface area contributed by atoms with Crippen molar-refractivity contribution in [3.63, 3.8) is 0 Å². The Morgan fingerprint density at radius 2 is 0.788 bits per heavy atom. The van der Waals surface area contributed by atoms with Crippen LogP contribution in [-0.4, -0.2) is 35.6 Å². The molecule has 0 aromatic heterocycles. The first-order chi connectivity index (χ1) is 25.2. The van der Waals surface area contributed by atoms with Gasteiger partial charge in [0.2, 0.25) is 23.6 Å². The number of ether oxygens (including phenoxy) is 2. The lowest BCUT2D eigenvalue weighted by atomic mass is 9.85. The van der Waals surface area contributed by atoms with Gasteiger partial charge in [-0.25, -0.2) is 9.59 Å². The third kappa shape index (κ3) is 4.49. The minimum atomic E-state index is -0.592. The van der Waals surface area contributed by atoms with E-state index in [0.717, 1.165) is 23.6 Å². The molecule has 2 heterocycles. The second-order valence-electron chi connectivity index (χ2n) is 14.6. The number of amides is 4. The van der Waals surface area contributed by atoms with Crippen LogP contribution in [0.4, 0.5) is 11.4 Å². The number of imide groups is 2. The van der Waals surface area contributed by atoms with Gasteiger partial charge in [0.15, 0.2) is 0 Å². The summed E-state index contributed by atoms with van der Waals surface area (Å²) in [6, 6.07) is 22.7. The third-order valence-electron chi connectivity index (χ3n) is 11.9. The van der Waals surface area contributed by atoms with Crippen LogP contribution in [0.15, 0.2) is 109 Å². The maximum atomic E-state index is 13.1. The minimum absolute atomic E-state index is 0.120. The van der Waals surface area contributed by atoms with E-state index in [-0.39, 0.29) is 82.1 Å². The number of hydrogen-bond acceptors (Lipinski definition) is 8. The number of nitrogens with zero attached hydrogens (tertiary/aromatic N) is 2. The van der Waals surface area contributed by atoms with Gasteiger partial charge in [-0.05, 0) is 120 Å². The van der Waals surface area contributed by atoms with E-state index < -0.39 is 11.9 Å².